The monoisotopic (exact) mass is 316 g/mol. The Bertz CT molecular complexity index is 748. The van der Waals surface area contributed by atoms with Crippen molar-refractivity contribution in [1.82, 2.24) is 19.7 Å². The van der Waals surface area contributed by atoms with Gasteiger partial charge in [0.1, 0.15) is 5.52 Å². The number of aromatic nitrogens is 4. The first-order chi connectivity index (χ1) is 9.19. The highest BCUT2D eigenvalue weighted by molar-refractivity contribution is 9.10. The number of aryl methyl sites for hydroxylation is 2. The van der Waals surface area contributed by atoms with Crippen LogP contribution in [0.2, 0.25) is 0 Å². The minimum atomic E-state index is 0.842. The highest BCUT2D eigenvalue weighted by Crippen LogP contribution is 2.27. The zero-order valence-corrected chi connectivity index (χ0v) is 12.3. The van der Waals surface area contributed by atoms with Gasteiger partial charge in [-0.2, -0.15) is 5.10 Å². The van der Waals surface area contributed by atoms with Crippen LogP contribution >= 0.6 is 15.9 Å². The Morgan fingerprint density at radius 2 is 2.11 bits per heavy atom. The maximum Gasteiger partial charge on any atom is 0.104 e. The maximum absolute atomic E-state index is 4.70. The van der Waals surface area contributed by atoms with Gasteiger partial charge in [-0.1, -0.05) is 13.0 Å². The molecular formula is C14H13BrN4. The molecule has 3 rings (SSSR count). The van der Waals surface area contributed by atoms with Gasteiger partial charge in [-0.15, -0.1) is 0 Å². The average Bonchev–Trinajstić information content (AvgIpc) is 2.86. The van der Waals surface area contributed by atoms with Gasteiger partial charge in [-0.3, -0.25) is 9.67 Å². The molecule has 96 valence electrons. The van der Waals surface area contributed by atoms with Crippen LogP contribution in [0, 0.1) is 0 Å². The molecule has 0 aliphatic heterocycles. The molecule has 0 amide bonds. The first-order valence-corrected chi connectivity index (χ1v) is 6.91. The summed E-state index contributed by atoms with van der Waals surface area (Å²) in [6.07, 6.45) is 6.49. The molecule has 1 aromatic carbocycles. The Morgan fingerprint density at radius 1 is 1.26 bits per heavy atom. The highest BCUT2D eigenvalue weighted by Gasteiger charge is 2.09. The molecule has 0 saturated heterocycles. The fraction of sp³-hybridized carbons (Fsp3) is 0.214. The zero-order valence-electron chi connectivity index (χ0n) is 10.8. The summed E-state index contributed by atoms with van der Waals surface area (Å²) in [5.41, 5.74) is 4.86. The number of fused-ring (bicyclic) bond motifs is 1. The lowest BCUT2D eigenvalue weighted by molar-refractivity contribution is 0.768. The molecule has 0 atom stereocenters. The van der Waals surface area contributed by atoms with Crippen molar-refractivity contribution in [3.63, 3.8) is 0 Å². The zero-order chi connectivity index (χ0) is 13.4. The lowest BCUT2D eigenvalue weighted by atomic mass is 10.1. The van der Waals surface area contributed by atoms with Gasteiger partial charge in [0.2, 0.25) is 0 Å². The van der Waals surface area contributed by atoms with Crippen molar-refractivity contribution in [3.8, 4) is 11.3 Å². The first kappa shape index (κ1) is 12.3. The largest absolute Gasteiger partial charge is 0.275 e. The standard InChI is InChI=1S/C14H13BrN4/c1-3-9-4-5-11-14(13(9)15)18-12(7-16-11)10-6-17-19(2)8-10/h4-8H,3H2,1-2H3. The van der Waals surface area contributed by atoms with E-state index >= 15 is 0 Å². The third-order valence-electron chi connectivity index (χ3n) is 3.11. The molecule has 2 aromatic heterocycles. The predicted molar refractivity (Wildman–Crippen MR) is 78.8 cm³/mol. The Kier molecular flexibility index (Phi) is 3.06. The predicted octanol–water partition coefficient (Wildman–Crippen LogP) is 3.36. The topological polar surface area (TPSA) is 43.6 Å². The van der Waals surface area contributed by atoms with Crippen molar-refractivity contribution in [3.05, 3.63) is 40.8 Å². The van der Waals surface area contributed by atoms with E-state index in [1.807, 2.05) is 19.3 Å². The number of benzene rings is 1. The number of halogens is 1. The third kappa shape index (κ3) is 2.14. The van der Waals surface area contributed by atoms with E-state index in [-0.39, 0.29) is 0 Å². The summed E-state index contributed by atoms with van der Waals surface area (Å²) in [5, 5.41) is 4.17. The molecule has 4 nitrogen and oxygen atoms in total. The first-order valence-electron chi connectivity index (χ1n) is 6.12. The van der Waals surface area contributed by atoms with Crippen LogP contribution in [0.3, 0.4) is 0 Å². The van der Waals surface area contributed by atoms with Crippen molar-refractivity contribution >= 4 is 27.0 Å². The van der Waals surface area contributed by atoms with E-state index in [2.05, 4.69) is 39.0 Å². The number of hydrogen-bond acceptors (Lipinski definition) is 3. The van der Waals surface area contributed by atoms with Crippen LogP contribution in [0.4, 0.5) is 0 Å². The van der Waals surface area contributed by atoms with Gasteiger partial charge in [0.15, 0.2) is 0 Å². The number of nitrogens with zero attached hydrogens (tertiary/aromatic N) is 4. The summed E-state index contributed by atoms with van der Waals surface area (Å²) < 4.78 is 2.80. The van der Waals surface area contributed by atoms with Crippen molar-refractivity contribution in [2.24, 2.45) is 7.05 Å². The molecule has 0 aliphatic rings. The highest BCUT2D eigenvalue weighted by atomic mass is 79.9. The van der Waals surface area contributed by atoms with Crippen molar-refractivity contribution in [1.29, 1.82) is 0 Å². The van der Waals surface area contributed by atoms with Gasteiger partial charge in [-0.05, 0) is 34.0 Å². The van der Waals surface area contributed by atoms with Gasteiger partial charge in [0.25, 0.3) is 0 Å². The molecule has 5 heteroatoms. The lowest BCUT2D eigenvalue weighted by Gasteiger charge is -2.06. The normalized spacial score (nSPS) is 11.1. The van der Waals surface area contributed by atoms with Gasteiger partial charge in [0, 0.05) is 23.3 Å². The van der Waals surface area contributed by atoms with E-state index in [1.54, 1.807) is 17.1 Å². The summed E-state index contributed by atoms with van der Waals surface area (Å²) in [6.45, 7) is 2.13. The van der Waals surface area contributed by atoms with E-state index in [0.29, 0.717) is 0 Å². The molecule has 2 heterocycles. The summed E-state index contributed by atoms with van der Waals surface area (Å²) in [7, 11) is 1.89. The molecule has 0 N–H and O–H groups in total. The fourth-order valence-electron chi connectivity index (χ4n) is 2.05. The van der Waals surface area contributed by atoms with Crippen LogP contribution in [0.15, 0.2) is 35.2 Å². The molecular weight excluding hydrogens is 304 g/mol. The number of hydrogen-bond donors (Lipinski definition) is 0. The van der Waals surface area contributed by atoms with E-state index in [1.165, 1.54) is 5.56 Å². The van der Waals surface area contributed by atoms with Crippen molar-refractivity contribution < 1.29 is 0 Å². The minimum absolute atomic E-state index is 0.842. The van der Waals surface area contributed by atoms with Crippen molar-refractivity contribution in [2.45, 2.75) is 13.3 Å². The van der Waals surface area contributed by atoms with Gasteiger partial charge in [0.05, 0.1) is 23.6 Å². The smallest absolute Gasteiger partial charge is 0.104 e. The lowest BCUT2D eigenvalue weighted by Crippen LogP contribution is -1.92. The van der Waals surface area contributed by atoms with E-state index in [4.69, 9.17) is 4.98 Å². The molecule has 0 spiro atoms. The molecule has 0 saturated carbocycles. The Morgan fingerprint density at radius 3 is 2.79 bits per heavy atom. The van der Waals surface area contributed by atoms with Crippen molar-refractivity contribution in [2.75, 3.05) is 0 Å². The SMILES string of the molecule is CCc1ccc2ncc(-c3cnn(C)c3)nc2c1Br. The van der Waals surface area contributed by atoms with Crippen LogP contribution in [0.1, 0.15) is 12.5 Å². The van der Waals surface area contributed by atoms with Gasteiger partial charge < -0.3 is 0 Å². The van der Waals surface area contributed by atoms with Crippen LogP contribution in [0.5, 0.6) is 0 Å². The Hall–Kier alpha value is -1.75. The Balaban J connectivity index is 2.21. The Labute approximate surface area is 119 Å². The van der Waals surface area contributed by atoms with Crippen LogP contribution in [-0.2, 0) is 13.5 Å². The maximum atomic E-state index is 4.70. The molecule has 3 aromatic rings. The van der Waals surface area contributed by atoms with E-state index < -0.39 is 0 Å². The van der Waals surface area contributed by atoms with Crippen LogP contribution < -0.4 is 0 Å². The molecule has 0 unspecified atom stereocenters. The van der Waals surface area contributed by atoms with Crippen LogP contribution in [0.25, 0.3) is 22.3 Å². The summed E-state index contributed by atoms with van der Waals surface area (Å²) in [4.78, 5) is 9.18. The van der Waals surface area contributed by atoms with Gasteiger partial charge >= 0.3 is 0 Å². The quantitative estimate of drug-likeness (QED) is 0.728. The van der Waals surface area contributed by atoms with E-state index in [9.17, 15) is 0 Å². The average molecular weight is 317 g/mol. The summed E-state index contributed by atoms with van der Waals surface area (Å²) >= 11 is 3.63. The third-order valence-corrected chi connectivity index (χ3v) is 4.00. The molecule has 19 heavy (non-hydrogen) atoms. The second-order valence-corrected chi connectivity index (χ2v) is 5.21. The second-order valence-electron chi connectivity index (χ2n) is 4.42. The van der Waals surface area contributed by atoms with E-state index in [0.717, 1.165) is 33.2 Å². The van der Waals surface area contributed by atoms with Crippen LogP contribution in [-0.4, -0.2) is 19.7 Å². The molecule has 0 radical (unpaired) electrons. The fourth-order valence-corrected chi connectivity index (χ4v) is 2.76. The molecule has 0 bridgehead atoms. The minimum Gasteiger partial charge on any atom is -0.275 e. The number of rotatable bonds is 2. The summed E-state index contributed by atoms with van der Waals surface area (Å²) in [5.74, 6) is 0. The molecule has 0 aliphatic carbocycles. The summed E-state index contributed by atoms with van der Waals surface area (Å²) in [6, 6.07) is 4.10. The molecule has 0 fully saturated rings. The van der Waals surface area contributed by atoms with Gasteiger partial charge in [-0.25, -0.2) is 4.98 Å². The second kappa shape index (κ2) is 4.74.